The van der Waals surface area contributed by atoms with Gasteiger partial charge in [0, 0.05) is 26.4 Å². The van der Waals surface area contributed by atoms with Crippen molar-refractivity contribution in [3.8, 4) is 0 Å². The summed E-state index contributed by atoms with van der Waals surface area (Å²) in [5, 5.41) is 9.70. The monoisotopic (exact) mass is 275 g/mol. The van der Waals surface area contributed by atoms with Crippen LogP contribution in [-0.4, -0.2) is 40.3 Å². The lowest BCUT2D eigenvalue weighted by atomic mass is 9.95. The van der Waals surface area contributed by atoms with Crippen LogP contribution in [0, 0.1) is 0 Å². The van der Waals surface area contributed by atoms with Crippen molar-refractivity contribution in [2.45, 2.75) is 32.0 Å². The fourth-order valence-electron chi connectivity index (χ4n) is 2.99. The summed E-state index contributed by atoms with van der Waals surface area (Å²) in [6.45, 7) is 3.88. The van der Waals surface area contributed by atoms with Gasteiger partial charge in [-0.2, -0.15) is 0 Å². The van der Waals surface area contributed by atoms with Gasteiger partial charge in [0.15, 0.2) is 5.82 Å². The fourth-order valence-corrected chi connectivity index (χ4v) is 2.99. The number of pyridine rings is 1. The molecule has 1 unspecified atom stereocenters. The molecule has 0 spiro atoms. The lowest BCUT2D eigenvalue weighted by Crippen LogP contribution is -2.47. The molecule has 1 N–H and O–H groups in total. The number of aliphatic hydroxyl groups is 1. The summed E-state index contributed by atoms with van der Waals surface area (Å²) in [6.07, 6.45) is 4.07. The van der Waals surface area contributed by atoms with Crippen molar-refractivity contribution in [2.24, 2.45) is 0 Å². The Morgan fingerprint density at radius 1 is 1.45 bits per heavy atom. The zero-order chi connectivity index (χ0) is 14.2. The highest BCUT2D eigenvalue weighted by molar-refractivity contribution is 5.56. The summed E-state index contributed by atoms with van der Waals surface area (Å²) in [4.78, 5) is 6.91. The van der Waals surface area contributed by atoms with Gasteiger partial charge in [0.1, 0.15) is 5.65 Å². The quantitative estimate of drug-likeness (QED) is 0.928. The maximum Gasteiger partial charge on any atom is 0.153 e. The summed E-state index contributed by atoms with van der Waals surface area (Å²) in [5.41, 5.74) is 1.58. The van der Waals surface area contributed by atoms with E-state index in [1.807, 2.05) is 28.8 Å². The first-order valence-electron chi connectivity index (χ1n) is 7.04. The van der Waals surface area contributed by atoms with Crippen LogP contribution in [0.3, 0.4) is 0 Å². The Kier molecular flexibility index (Phi) is 3.40. The largest absolute Gasteiger partial charge is 0.390 e. The van der Waals surface area contributed by atoms with Gasteiger partial charge in [0.25, 0.3) is 0 Å². The van der Waals surface area contributed by atoms with Crippen molar-refractivity contribution < 1.29 is 9.84 Å². The van der Waals surface area contributed by atoms with Gasteiger partial charge in [-0.15, -0.1) is 0 Å². The molecule has 108 valence electrons. The topological polar surface area (TPSA) is 50.0 Å². The number of methoxy groups -OCH3 is 1. The molecule has 20 heavy (non-hydrogen) atoms. The van der Waals surface area contributed by atoms with E-state index in [0.717, 1.165) is 43.1 Å². The molecule has 1 fully saturated rings. The fraction of sp³-hybridized carbons (Fsp3) is 0.533. The van der Waals surface area contributed by atoms with Crippen molar-refractivity contribution in [1.82, 2.24) is 9.38 Å². The second-order valence-electron chi connectivity index (χ2n) is 5.65. The van der Waals surface area contributed by atoms with Gasteiger partial charge in [-0.05, 0) is 31.9 Å². The van der Waals surface area contributed by atoms with E-state index in [4.69, 9.17) is 4.74 Å². The molecule has 0 aliphatic carbocycles. The highest BCUT2D eigenvalue weighted by atomic mass is 16.5. The maximum absolute atomic E-state index is 9.70. The molecule has 0 bridgehead atoms. The molecule has 2 aromatic heterocycles. The van der Waals surface area contributed by atoms with E-state index in [1.165, 1.54) is 0 Å². The first kappa shape index (κ1) is 13.4. The third-order valence-electron chi connectivity index (χ3n) is 4.21. The maximum atomic E-state index is 9.70. The average molecular weight is 275 g/mol. The number of hydrogen-bond donors (Lipinski definition) is 1. The van der Waals surface area contributed by atoms with Crippen LogP contribution in [0.1, 0.15) is 25.5 Å². The van der Waals surface area contributed by atoms with Crippen LogP contribution in [0.4, 0.5) is 5.82 Å². The van der Waals surface area contributed by atoms with Crippen molar-refractivity contribution in [3.63, 3.8) is 0 Å². The number of nitrogens with zero attached hydrogens (tertiary/aromatic N) is 3. The number of rotatable bonds is 3. The summed E-state index contributed by atoms with van der Waals surface area (Å²) >= 11 is 0. The number of ether oxygens (including phenoxy) is 1. The standard InChI is InChI=1S/C15H21N3O2/c1-15(20-2)7-5-8-17(11-15)14-12(10-19)18-9-4-3-6-13(18)16-14/h3-4,6,9,19H,5,7-8,10-11H2,1-2H3. The molecular weight excluding hydrogens is 254 g/mol. The Bertz CT molecular complexity index is 610. The molecule has 3 heterocycles. The summed E-state index contributed by atoms with van der Waals surface area (Å²) < 4.78 is 7.59. The predicted molar refractivity (Wildman–Crippen MR) is 78.0 cm³/mol. The Morgan fingerprint density at radius 2 is 2.30 bits per heavy atom. The molecule has 1 saturated heterocycles. The van der Waals surface area contributed by atoms with Crippen LogP contribution >= 0.6 is 0 Å². The molecule has 0 aromatic carbocycles. The summed E-state index contributed by atoms with van der Waals surface area (Å²) in [7, 11) is 1.76. The van der Waals surface area contributed by atoms with Crippen LogP contribution in [0.25, 0.3) is 5.65 Å². The number of anilines is 1. The molecular formula is C15H21N3O2. The van der Waals surface area contributed by atoms with Crippen molar-refractivity contribution >= 4 is 11.5 Å². The Labute approximate surface area is 118 Å². The molecule has 5 nitrogen and oxygen atoms in total. The third-order valence-corrected chi connectivity index (χ3v) is 4.21. The van der Waals surface area contributed by atoms with Crippen LogP contribution in [0.2, 0.25) is 0 Å². The molecule has 0 amide bonds. The molecule has 2 aromatic rings. The number of imidazole rings is 1. The van der Waals surface area contributed by atoms with E-state index in [2.05, 4.69) is 16.8 Å². The smallest absolute Gasteiger partial charge is 0.153 e. The number of aromatic nitrogens is 2. The SMILES string of the molecule is COC1(C)CCCN(c2nc3ccccn3c2CO)C1. The van der Waals surface area contributed by atoms with Gasteiger partial charge in [0.05, 0.1) is 17.9 Å². The second kappa shape index (κ2) is 5.07. The highest BCUT2D eigenvalue weighted by Crippen LogP contribution is 2.30. The van der Waals surface area contributed by atoms with E-state index >= 15 is 0 Å². The predicted octanol–water partition coefficient (Wildman–Crippen LogP) is 1.83. The van der Waals surface area contributed by atoms with Gasteiger partial charge in [0.2, 0.25) is 0 Å². The normalized spacial score (nSPS) is 23.4. The first-order valence-corrected chi connectivity index (χ1v) is 7.04. The van der Waals surface area contributed by atoms with E-state index in [-0.39, 0.29) is 12.2 Å². The minimum absolute atomic E-state index is 0.0132. The molecule has 5 heteroatoms. The minimum Gasteiger partial charge on any atom is -0.390 e. The number of fused-ring (bicyclic) bond motifs is 1. The van der Waals surface area contributed by atoms with Crippen molar-refractivity contribution in [2.75, 3.05) is 25.1 Å². The van der Waals surface area contributed by atoms with Crippen LogP contribution in [-0.2, 0) is 11.3 Å². The van der Waals surface area contributed by atoms with Gasteiger partial charge in [-0.25, -0.2) is 4.98 Å². The van der Waals surface area contributed by atoms with Crippen LogP contribution in [0.15, 0.2) is 24.4 Å². The molecule has 0 radical (unpaired) electrons. The molecule has 3 rings (SSSR count). The number of aliphatic hydroxyl groups excluding tert-OH is 1. The van der Waals surface area contributed by atoms with E-state index in [0.29, 0.717) is 0 Å². The lowest BCUT2D eigenvalue weighted by molar-refractivity contribution is -0.00487. The zero-order valence-electron chi connectivity index (χ0n) is 12.0. The minimum atomic E-state index is -0.138. The molecule has 1 atom stereocenters. The lowest BCUT2D eigenvalue weighted by Gasteiger charge is -2.40. The van der Waals surface area contributed by atoms with E-state index in [1.54, 1.807) is 7.11 Å². The molecule has 0 saturated carbocycles. The van der Waals surface area contributed by atoms with Crippen molar-refractivity contribution in [1.29, 1.82) is 0 Å². The van der Waals surface area contributed by atoms with Crippen LogP contribution < -0.4 is 4.90 Å². The number of piperidine rings is 1. The zero-order valence-corrected chi connectivity index (χ0v) is 12.0. The van der Waals surface area contributed by atoms with Gasteiger partial charge >= 0.3 is 0 Å². The van der Waals surface area contributed by atoms with E-state index in [9.17, 15) is 5.11 Å². The third kappa shape index (κ3) is 2.17. The van der Waals surface area contributed by atoms with Gasteiger partial charge in [-0.1, -0.05) is 6.07 Å². The number of hydrogen-bond acceptors (Lipinski definition) is 4. The Balaban J connectivity index is 2.01. The summed E-state index contributed by atoms with van der Waals surface area (Å²) in [5.74, 6) is 0.877. The van der Waals surface area contributed by atoms with Crippen LogP contribution in [0.5, 0.6) is 0 Å². The van der Waals surface area contributed by atoms with E-state index < -0.39 is 0 Å². The molecule has 1 aliphatic rings. The Morgan fingerprint density at radius 3 is 3.05 bits per heavy atom. The van der Waals surface area contributed by atoms with Gasteiger partial charge < -0.3 is 14.7 Å². The molecule has 1 aliphatic heterocycles. The van der Waals surface area contributed by atoms with Gasteiger partial charge in [-0.3, -0.25) is 4.40 Å². The summed E-state index contributed by atoms with van der Waals surface area (Å²) in [6, 6.07) is 5.87. The highest BCUT2D eigenvalue weighted by Gasteiger charge is 2.32. The first-order chi connectivity index (χ1) is 9.67. The Hall–Kier alpha value is -1.59. The van der Waals surface area contributed by atoms with Crippen molar-refractivity contribution in [3.05, 3.63) is 30.1 Å². The average Bonchev–Trinajstić information content (AvgIpc) is 2.86. The second-order valence-corrected chi connectivity index (χ2v) is 5.65.